The van der Waals surface area contributed by atoms with Gasteiger partial charge in [0.05, 0.1) is 6.10 Å². The normalized spacial score (nSPS) is 22.4. The Hall–Kier alpha value is -0.0400. The van der Waals surface area contributed by atoms with Crippen molar-refractivity contribution in [1.82, 2.24) is 0 Å². The lowest BCUT2D eigenvalue weighted by Gasteiger charge is -2.27. The average molecular weight is 158 g/mol. The SMILES string of the molecule is CCC(C)C(C)C(C)C(C)O. The molecule has 1 heteroatoms. The van der Waals surface area contributed by atoms with Gasteiger partial charge in [0, 0.05) is 0 Å². The Balaban J connectivity index is 3.90. The summed E-state index contributed by atoms with van der Waals surface area (Å²) in [5, 5.41) is 9.34. The molecule has 4 atom stereocenters. The summed E-state index contributed by atoms with van der Waals surface area (Å²) in [4.78, 5) is 0. The minimum atomic E-state index is -0.168. The molecule has 0 aromatic rings. The van der Waals surface area contributed by atoms with Gasteiger partial charge in [-0.15, -0.1) is 0 Å². The molecule has 0 saturated heterocycles. The van der Waals surface area contributed by atoms with E-state index in [1.165, 1.54) is 6.42 Å². The molecule has 0 aliphatic rings. The van der Waals surface area contributed by atoms with Gasteiger partial charge in [0.25, 0.3) is 0 Å². The lowest BCUT2D eigenvalue weighted by molar-refractivity contribution is 0.0842. The van der Waals surface area contributed by atoms with Crippen LogP contribution in [0.1, 0.15) is 41.0 Å². The number of hydrogen-bond acceptors (Lipinski definition) is 1. The molecule has 0 aromatic carbocycles. The predicted molar refractivity (Wildman–Crippen MR) is 49.5 cm³/mol. The fourth-order valence-electron chi connectivity index (χ4n) is 1.33. The van der Waals surface area contributed by atoms with E-state index in [0.29, 0.717) is 11.8 Å². The van der Waals surface area contributed by atoms with Crippen molar-refractivity contribution in [3.05, 3.63) is 0 Å². The molecule has 68 valence electrons. The second-order valence-electron chi connectivity index (χ2n) is 3.84. The first-order valence-corrected chi connectivity index (χ1v) is 4.68. The maximum atomic E-state index is 9.34. The van der Waals surface area contributed by atoms with Crippen LogP contribution in [-0.2, 0) is 0 Å². The first-order valence-electron chi connectivity index (χ1n) is 4.68. The lowest BCUT2D eigenvalue weighted by atomic mass is 9.81. The van der Waals surface area contributed by atoms with Gasteiger partial charge in [-0.25, -0.2) is 0 Å². The van der Waals surface area contributed by atoms with Crippen molar-refractivity contribution in [2.45, 2.75) is 47.1 Å². The Morgan fingerprint density at radius 3 is 1.73 bits per heavy atom. The van der Waals surface area contributed by atoms with Crippen LogP contribution < -0.4 is 0 Å². The van der Waals surface area contributed by atoms with Crippen LogP contribution in [0.4, 0.5) is 0 Å². The van der Waals surface area contributed by atoms with Gasteiger partial charge in [-0.1, -0.05) is 34.1 Å². The average Bonchev–Trinajstić information content (AvgIpc) is 2.00. The monoisotopic (exact) mass is 158 g/mol. The van der Waals surface area contributed by atoms with Crippen molar-refractivity contribution in [2.24, 2.45) is 17.8 Å². The lowest BCUT2D eigenvalue weighted by Crippen LogP contribution is -2.25. The Bertz CT molecular complexity index is 99.0. The van der Waals surface area contributed by atoms with Crippen LogP contribution in [0.3, 0.4) is 0 Å². The van der Waals surface area contributed by atoms with Crippen LogP contribution in [-0.4, -0.2) is 11.2 Å². The van der Waals surface area contributed by atoms with Crippen LogP contribution >= 0.6 is 0 Å². The largest absolute Gasteiger partial charge is 0.393 e. The van der Waals surface area contributed by atoms with E-state index in [1.54, 1.807) is 0 Å². The zero-order chi connectivity index (χ0) is 9.02. The van der Waals surface area contributed by atoms with Crippen LogP contribution in [0.5, 0.6) is 0 Å². The van der Waals surface area contributed by atoms with Gasteiger partial charge in [-0.2, -0.15) is 0 Å². The summed E-state index contributed by atoms with van der Waals surface area (Å²) in [7, 11) is 0. The fraction of sp³-hybridized carbons (Fsp3) is 1.00. The van der Waals surface area contributed by atoms with E-state index in [2.05, 4.69) is 27.7 Å². The highest BCUT2D eigenvalue weighted by Gasteiger charge is 2.20. The number of hydrogen-bond donors (Lipinski definition) is 1. The van der Waals surface area contributed by atoms with Crippen LogP contribution in [0.2, 0.25) is 0 Å². The Morgan fingerprint density at radius 2 is 1.45 bits per heavy atom. The Labute approximate surface area is 70.8 Å². The quantitative estimate of drug-likeness (QED) is 0.667. The van der Waals surface area contributed by atoms with Crippen molar-refractivity contribution in [1.29, 1.82) is 0 Å². The summed E-state index contributed by atoms with van der Waals surface area (Å²) in [6.45, 7) is 10.7. The van der Waals surface area contributed by atoms with Crippen LogP contribution in [0, 0.1) is 17.8 Å². The molecular formula is C10H22O. The summed E-state index contributed by atoms with van der Waals surface area (Å²) in [5.41, 5.74) is 0. The second-order valence-corrected chi connectivity index (χ2v) is 3.84. The number of rotatable bonds is 4. The molecule has 0 heterocycles. The molecule has 0 aromatic heterocycles. The minimum absolute atomic E-state index is 0.168. The minimum Gasteiger partial charge on any atom is -0.393 e. The first kappa shape index (κ1) is 11.0. The van der Waals surface area contributed by atoms with E-state index in [-0.39, 0.29) is 6.10 Å². The van der Waals surface area contributed by atoms with Gasteiger partial charge in [0.1, 0.15) is 0 Å². The standard InChI is InChI=1S/C10H22O/c1-6-7(2)8(3)9(4)10(5)11/h7-11H,6H2,1-5H3. The maximum absolute atomic E-state index is 9.34. The summed E-state index contributed by atoms with van der Waals surface area (Å²) in [6.07, 6.45) is 1.04. The molecule has 0 bridgehead atoms. The predicted octanol–water partition coefficient (Wildman–Crippen LogP) is 2.69. The highest BCUT2D eigenvalue weighted by molar-refractivity contribution is 4.70. The molecule has 4 unspecified atom stereocenters. The molecule has 1 N–H and O–H groups in total. The number of aliphatic hydroxyl groups excluding tert-OH is 1. The molecule has 1 nitrogen and oxygen atoms in total. The van der Waals surface area contributed by atoms with Crippen molar-refractivity contribution in [3.63, 3.8) is 0 Å². The van der Waals surface area contributed by atoms with E-state index in [4.69, 9.17) is 0 Å². The molecule has 0 saturated carbocycles. The van der Waals surface area contributed by atoms with Crippen molar-refractivity contribution in [3.8, 4) is 0 Å². The van der Waals surface area contributed by atoms with Gasteiger partial charge >= 0.3 is 0 Å². The molecular weight excluding hydrogens is 136 g/mol. The van der Waals surface area contributed by atoms with Gasteiger partial charge < -0.3 is 5.11 Å². The molecule has 0 amide bonds. The van der Waals surface area contributed by atoms with Crippen LogP contribution in [0.15, 0.2) is 0 Å². The summed E-state index contributed by atoms with van der Waals surface area (Å²) >= 11 is 0. The smallest absolute Gasteiger partial charge is 0.0540 e. The third-order valence-electron chi connectivity index (χ3n) is 3.13. The molecule has 0 aliphatic heterocycles. The third kappa shape index (κ3) is 3.24. The first-order chi connectivity index (χ1) is 5.00. The molecule has 0 spiro atoms. The maximum Gasteiger partial charge on any atom is 0.0540 e. The molecule has 0 fully saturated rings. The third-order valence-corrected chi connectivity index (χ3v) is 3.13. The van der Waals surface area contributed by atoms with Gasteiger partial charge in [-0.3, -0.25) is 0 Å². The summed E-state index contributed by atoms with van der Waals surface area (Å²) in [6, 6.07) is 0. The highest BCUT2D eigenvalue weighted by atomic mass is 16.3. The zero-order valence-electron chi connectivity index (χ0n) is 8.46. The van der Waals surface area contributed by atoms with Crippen LogP contribution in [0.25, 0.3) is 0 Å². The fourth-order valence-corrected chi connectivity index (χ4v) is 1.33. The number of aliphatic hydroxyl groups is 1. The van der Waals surface area contributed by atoms with Crippen molar-refractivity contribution >= 4 is 0 Å². The molecule has 0 rings (SSSR count). The van der Waals surface area contributed by atoms with Gasteiger partial charge in [0.2, 0.25) is 0 Å². The van der Waals surface area contributed by atoms with E-state index < -0.39 is 0 Å². The van der Waals surface area contributed by atoms with E-state index in [1.807, 2.05) is 6.92 Å². The Morgan fingerprint density at radius 1 is 1.00 bits per heavy atom. The van der Waals surface area contributed by atoms with Crippen molar-refractivity contribution in [2.75, 3.05) is 0 Å². The summed E-state index contributed by atoms with van der Waals surface area (Å²) in [5.74, 6) is 1.77. The Kier molecular flexibility index (Phi) is 4.74. The molecule has 0 radical (unpaired) electrons. The van der Waals surface area contributed by atoms with E-state index in [0.717, 1.165) is 5.92 Å². The highest BCUT2D eigenvalue weighted by Crippen LogP contribution is 2.25. The van der Waals surface area contributed by atoms with Gasteiger partial charge in [0.15, 0.2) is 0 Å². The van der Waals surface area contributed by atoms with E-state index >= 15 is 0 Å². The zero-order valence-corrected chi connectivity index (χ0v) is 8.46. The van der Waals surface area contributed by atoms with Crippen molar-refractivity contribution < 1.29 is 5.11 Å². The molecule has 0 aliphatic carbocycles. The summed E-state index contributed by atoms with van der Waals surface area (Å²) < 4.78 is 0. The molecule has 11 heavy (non-hydrogen) atoms. The van der Waals surface area contributed by atoms with E-state index in [9.17, 15) is 5.11 Å². The van der Waals surface area contributed by atoms with Gasteiger partial charge in [-0.05, 0) is 24.7 Å². The topological polar surface area (TPSA) is 20.2 Å². The second kappa shape index (κ2) is 4.76.